The van der Waals surface area contributed by atoms with E-state index >= 15 is 0 Å². The standard InChI is InChI=1S/C22H22F3N3O2/c1-14(2)30-20-10-5-4-7-16(20)12-26-21(29)19-13-27-28(15(19)3)18-9-6-8-17(11-18)22(23,24)25/h4-11,13-14H,12H2,1-3H3,(H,26,29). The van der Waals surface area contributed by atoms with Crippen molar-refractivity contribution in [1.29, 1.82) is 0 Å². The number of alkyl halides is 3. The molecule has 158 valence electrons. The van der Waals surface area contributed by atoms with Crippen molar-refractivity contribution in [3.8, 4) is 11.4 Å². The lowest BCUT2D eigenvalue weighted by molar-refractivity contribution is -0.137. The van der Waals surface area contributed by atoms with Gasteiger partial charge in [0.25, 0.3) is 5.91 Å². The van der Waals surface area contributed by atoms with Gasteiger partial charge in [-0.25, -0.2) is 4.68 Å². The molecular weight excluding hydrogens is 395 g/mol. The van der Waals surface area contributed by atoms with Crippen molar-refractivity contribution in [2.24, 2.45) is 0 Å². The van der Waals surface area contributed by atoms with Crippen molar-refractivity contribution in [2.45, 2.75) is 39.6 Å². The van der Waals surface area contributed by atoms with Crippen molar-refractivity contribution in [3.63, 3.8) is 0 Å². The second-order valence-corrected chi connectivity index (χ2v) is 7.06. The predicted octanol–water partition coefficient (Wildman–Crippen LogP) is 4.92. The summed E-state index contributed by atoms with van der Waals surface area (Å²) in [6.07, 6.45) is -3.11. The molecule has 5 nitrogen and oxygen atoms in total. The minimum absolute atomic E-state index is 0.00482. The number of rotatable bonds is 6. The zero-order chi connectivity index (χ0) is 21.9. The van der Waals surface area contributed by atoms with Crippen LogP contribution in [0.1, 0.15) is 41.0 Å². The molecule has 0 spiro atoms. The van der Waals surface area contributed by atoms with E-state index in [1.807, 2.05) is 38.1 Å². The highest BCUT2D eigenvalue weighted by Gasteiger charge is 2.30. The van der Waals surface area contributed by atoms with E-state index in [1.165, 1.54) is 23.0 Å². The average molecular weight is 417 g/mol. The predicted molar refractivity (Wildman–Crippen MR) is 107 cm³/mol. The second kappa shape index (κ2) is 8.61. The number of amides is 1. The maximum absolute atomic E-state index is 13.0. The maximum Gasteiger partial charge on any atom is 0.416 e. The first-order chi connectivity index (χ1) is 14.2. The van der Waals surface area contributed by atoms with E-state index in [9.17, 15) is 18.0 Å². The molecule has 0 saturated carbocycles. The highest BCUT2D eigenvalue weighted by Crippen LogP contribution is 2.30. The lowest BCUT2D eigenvalue weighted by Gasteiger charge is -2.14. The summed E-state index contributed by atoms with van der Waals surface area (Å²) < 4.78 is 46.0. The topological polar surface area (TPSA) is 56.1 Å². The molecule has 0 fully saturated rings. The van der Waals surface area contributed by atoms with E-state index in [2.05, 4.69) is 10.4 Å². The quantitative estimate of drug-likeness (QED) is 0.620. The molecule has 0 aliphatic rings. The minimum Gasteiger partial charge on any atom is -0.491 e. The number of carbonyl (C=O) groups is 1. The number of nitrogens with one attached hydrogen (secondary N) is 1. The van der Waals surface area contributed by atoms with E-state index in [4.69, 9.17) is 4.74 Å². The Morgan fingerprint density at radius 2 is 1.90 bits per heavy atom. The molecule has 1 heterocycles. The maximum atomic E-state index is 13.0. The van der Waals surface area contributed by atoms with Gasteiger partial charge in [0.15, 0.2) is 0 Å². The summed E-state index contributed by atoms with van der Waals surface area (Å²) in [4.78, 5) is 12.7. The number of hydrogen-bond acceptors (Lipinski definition) is 3. The Morgan fingerprint density at radius 3 is 2.60 bits per heavy atom. The van der Waals surface area contributed by atoms with Crippen molar-refractivity contribution in [1.82, 2.24) is 15.1 Å². The largest absolute Gasteiger partial charge is 0.491 e. The van der Waals surface area contributed by atoms with Crippen molar-refractivity contribution < 1.29 is 22.7 Å². The lowest BCUT2D eigenvalue weighted by atomic mass is 10.1. The average Bonchev–Trinajstić information content (AvgIpc) is 3.07. The Kier molecular flexibility index (Phi) is 6.14. The number of para-hydroxylation sites is 1. The molecule has 3 aromatic rings. The fourth-order valence-electron chi connectivity index (χ4n) is 3.00. The molecule has 0 radical (unpaired) electrons. The highest BCUT2D eigenvalue weighted by atomic mass is 19.4. The third-order valence-corrected chi connectivity index (χ3v) is 4.45. The van der Waals surface area contributed by atoms with Crippen LogP contribution in [0.5, 0.6) is 5.75 Å². The van der Waals surface area contributed by atoms with Crippen molar-refractivity contribution in [2.75, 3.05) is 0 Å². The first-order valence-corrected chi connectivity index (χ1v) is 9.42. The van der Waals surface area contributed by atoms with Gasteiger partial charge < -0.3 is 10.1 Å². The first kappa shape index (κ1) is 21.4. The monoisotopic (exact) mass is 417 g/mol. The van der Waals surface area contributed by atoms with Crippen LogP contribution in [0.25, 0.3) is 5.69 Å². The zero-order valence-electron chi connectivity index (χ0n) is 16.8. The number of halogens is 3. The van der Waals surface area contributed by atoms with Crippen LogP contribution >= 0.6 is 0 Å². The number of carbonyl (C=O) groups excluding carboxylic acids is 1. The van der Waals surface area contributed by atoms with Gasteiger partial charge in [-0.15, -0.1) is 0 Å². The van der Waals surface area contributed by atoms with E-state index in [-0.39, 0.29) is 29.8 Å². The fraction of sp³-hybridized carbons (Fsp3) is 0.273. The first-order valence-electron chi connectivity index (χ1n) is 9.42. The summed E-state index contributed by atoms with van der Waals surface area (Å²) in [7, 11) is 0. The number of benzene rings is 2. The fourth-order valence-corrected chi connectivity index (χ4v) is 3.00. The summed E-state index contributed by atoms with van der Waals surface area (Å²) in [6.45, 7) is 5.72. The SMILES string of the molecule is Cc1c(C(=O)NCc2ccccc2OC(C)C)cnn1-c1cccc(C(F)(F)F)c1. The molecule has 0 aliphatic carbocycles. The molecule has 0 aliphatic heterocycles. The molecular formula is C22H22F3N3O2. The van der Waals surface area contributed by atoms with Gasteiger partial charge in [0.2, 0.25) is 0 Å². The number of nitrogens with zero attached hydrogens (tertiary/aromatic N) is 2. The van der Waals surface area contributed by atoms with Gasteiger partial charge in [0, 0.05) is 12.1 Å². The molecule has 0 saturated heterocycles. The van der Waals surface area contributed by atoms with Crippen LogP contribution in [0.4, 0.5) is 13.2 Å². The molecule has 30 heavy (non-hydrogen) atoms. The molecule has 8 heteroatoms. The van der Waals surface area contributed by atoms with Crippen LogP contribution in [0.15, 0.2) is 54.7 Å². The summed E-state index contributed by atoms with van der Waals surface area (Å²) >= 11 is 0. The van der Waals surface area contributed by atoms with Crippen LogP contribution in [0.2, 0.25) is 0 Å². The van der Waals surface area contributed by atoms with Gasteiger partial charge in [-0.3, -0.25) is 4.79 Å². The van der Waals surface area contributed by atoms with Crippen molar-refractivity contribution in [3.05, 3.63) is 77.1 Å². The molecule has 1 N–H and O–H groups in total. The van der Waals surface area contributed by atoms with Gasteiger partial charge in [-0.2, -0.15) is 18.3 Å². The van der Waals surface area contributed by atoms with Crippen LogP contribution in [0.3, 0.4) is 0 Å². The normalized spacial score (nSPS) is 11.6. The zero-order valence-corrected chi connectivity index (χ0v) is 16.8. The molecule has 2 aromatic carbocycles. The van der Waals surface area contributed by atoms with E-state index in [0.29, 0.717) is 11.4 Å². The Balaban J connectivity index is 1.78. The number of hydrogen-bond donors (Lipinski definition) is 1. The molecule has 1 aromatic heterocycles. The van der Waals surface area contributed by atoms with Gasteiger partial charge in [-0.05, 0) is 45.0 Å². The molecule has 0 bridgehead atoms. The van der Waals surface area contributed by atoms with E-state index < -0.39 is 11.7 Å². The summed E-state index contributed by atoms with van der Waals surface area (Å²) in [5.74, 6) is 0.314. The Morgan fingerprint density at radius 1 is 1.17 bits per heavy atom. The smallest absolute Gasteiger partial charge is 0.416 e. The minimum atomic E-state index is -4.46. The van der Waals surface area contributed by atoms with Crippen molar-refractivity contribution >= 4 is 5.91 Å². The van der Waals surface area contributed by atoms with Gasteiger partial charge in [-0.1, -0.05) is 24.3 Å². The summed E-state index contributed by atoms with van der Waals surface area (Å²) in [6, 6.07) is 12.2. The van der Waals surface area contributed by atoms with Crippen LogP contribution < -0.4 is 10.1 Å². The molecule has 1 amide bonds. The van der Waals surface area contributed by atoms with Gasteiger partial charge in [0.1, 0.15) is 5.75 Å². The van der Waals surface area contributed by atoms with E-state index in [1.54, 1.807) is 6.92 Å². The highest BCUT2D eigenvalue weighted by molar-refractivity contribution is 5.95. The van der Waals surface area contributed by atoms with E-state index in [0.717, 1.165) is 17.7 Å². The lowest BCUT2D eigenvalue weighted by Crippen LogP contribution is -2.24. The third kappa shape index (κ3) is 4.82. The number of aromatic nitrogens is 2. The van der Waals surface area contributed by atoms with Gasteiger partial charge in [0.05, 0.1) is 34.8 Å². The molecule has 0 unspecified atom stereocenters. The van der Waals surface area contributed by atoms with Crippen LogP contribution in [-0.2, 0) is 12.7 Å². The van der Waals surface area contributed by atoms with Gasteiger partial charge >= 0.3 is 6.18 Å². The second-order valence-electron chi connectivity index (χ2n) is 7.06. The Hall–Kier alpha value is -3.29. The summed E-state index contributed by atoms with van der Waals surface area (Å²) in [5, 5.41) is 6.92. The Labute approximate surface area is 172 Å². The Bertz CT molecular complexity index is 1040. The van der Waals surface area contributed by atoms with Crippen LogP contribution in [0, 0.1) is 6.92 Å². The molecule has 3 rings (SSSR count). The molecule has 0 atom stereocenters. The number of ether oxygens (including phenoxy) is 1. The summed E-state index contributed by atoms with van der Waals surface area (Å²) in [5.41, 5.74) is 1.01. The van der Waals surface area contributed by atoms with Crippen LogP contribution in [-0.4, -0.2) is 21.8 Å². The third-order valence-electron chi connectivity index (χ3n) is 4.45.